The van der Waals surface area contributed by atoms with Gasteiger partial charge in [-0.1, -0.05) is 6.07 Å². The molecule has 7 nitrogen and oxygen atoms in total. The SMILES string of the molecule is CN(C)S(=O)(=O)N1CCN(C[C@@H](O)COc2ccc3c(c2)CCC3)CC1. The van der Waals surface area contributed by atoms with Crippen LogP contribution in [-0.4, -0.2) is 86.6 Å². The van der Waals surface area contributed by atoms with Gasteiger partial charge < -0.3 is 9.84 Å². The van der Waals surface area contributed by atoms with E-state index in [2.05, 4.69) is 17.0 Å². The van der Waals surface area contributed by atoms with Crippen molar-refractivity contribution in [3.8, 4) is 5.75 Å². The molecular weight excluding hydrogens is 354 g/mol. The van der Waals surface area contributed by atoms with Crippen LogP contribution in [0.4, 0.5) is 0 Å². The summed E-state index contributed by atoms with van der Waals surface area (Å²) in [5.41, 5.74) is 2.76. The summed E-state index contributed by atoms with van der Waals surface area (Å²) in [7, 11) is -0.264. The maximum atomic E-state index is 12.1. The second kappa shape index (κ2) is 8.22. The highest BCUT2D eigenvalue weighted by molar-refractivity contribution is 7.86. The summed E-state index contributed by atoms with van der Waals surface area (Å²) in [6.45, 7) is 2.85. The van der Waals surface area contributed by atoms with Gasteiger partial charge in [-0.25, -0.2) is 0 Å². The Labute approximate surface area is 156 Å². The molecule has 1 saturated heterocycles. The topological polar surface area (TPSA) is 73.3 Å². The Morgan fingerprint density at radius 1 is 1.15 bits per heavy atom. The molecule has 1 atom stereocenters. The Hall–Kier alpha value is -1.19. The molecule has 1 aliphatic heterocycles. The van der Waals surface area contributed by atoms with Gasteiger partial charge in [0.25, 0.3) is 10.2 Å². The zero-order valence-corrected chi connectivity index (χ0v) is 16.4. The predicted molar refractivity (Wildman–Crippen MR) is 101 cm³/mol. The van der Waals surface area contributed by atoms with Crippen LogP contribution in [0.2, 0.25) is 0 Å². The number of aliphatic hydroxyl groups is 1. The number of benzene rings is 1. The maximum absolute atomic E-state index is 12.1. The van der Waals surface area contributed by atoms with Gasteiger partial charge in [-0.05, 0) is 42.5 Å². The van der Waals surface area contributed by atoms with Crippen LogP contribution in [0.5, 0.6) is 5.75 Å². The Bertz CT molecular complexity index is 715. The number of aliphatic hydroxyl groups excluding tert-OH is 1. The van der Waals surface area contributed by atoms with Gasteiger partial charge >= 0.3 is 0 Å². The van der Waals surface area contributed by atoms with Crippen molar-refractivity contribution >= 4 is 10.2 Å². The third-order valence-electron chi connectivity index (χ3n) is 5.10. The van der Waals surface area contributed by atoms with Crippen molar-refractivity contribution < 1.29 is 18.3 Å². The zero-order valence-electron chi connectivity index (χ0n) is 15.6. The van der Waals surface area contributed by atoms with E-state index in [0.29, 0.717) is 32.7 Å². The fraction of sp³-hybridized carbons (Fsp3) is 0.667. The van der Waals surface area contributed by atoms with Gasteiger partial charge in [0.1, 0.15) is 18.5 Å². The first-order valence-corrected chi connectivity index (χ1v) is 10.6. The number of hydrogen-bond acceptors (Lipinski definition) is 5. The van der Waals surface area contributed by atoms with Gasteiger partial charge in [0, 0.05) is 46.8 Å². The lowest BCUT2D eigenvalue weighted by atomic mass is 10.1. The zero-order chi connectivity index (χ0) is 18.7. The minimum atomic E-state index is -3.35. The summed E-state index contributed by atoms with van der Waals surface area (Å²) in [4.78, 5) is 2.08. The lowest BCUT2D eigenvalue weighted by Gasteiger charge is -2.35. The molecule has 1 aliphatic carbocycles. The summed E-state index contributed by atoms with van der Waals surface area (Å²) in [6.07, 6.45) is 2.86. The molecule has 0 aromatic heterocycles. The van der Waals surface area contributed by atoms with Crippen molar-refractivity contribution in [2.75, 3.05) is 53.4 Å². The van der Waals surface area contributed by atoms with E-state index in [4.69, 9.17) is 4.74 Å². The van der Waals surface area contributed by atoms with Gasteiger partial charge in [0.05, 0.1) is 0 Å². The van der Waals surface area contributed by atoms with Crippen molar-refractivity contribution in [3.63, 3.8) is 0 Å². The van der Waals surface area contributed by atoms with Crippen LogP contribution >= 0.6 is 0 Å². The van der Waals surface area contributed by atoms with Gasteiger partial charge in [0.15, 0.2) is 0 Å². The smallest absolute Gasteiger partial charge is 0.281 e. The van der Waals surface area contributed by atoms with Crippen molar-refractivity contribution in [2.24, 2.45) is 0 Å². The molecule has 0 saturated carbocycles. The summed E-state index contributed by atoms with van der Waals surface area (Å²) in [5.74, 6) is 0.812. The molecular formula is C18H29N3O4S. The summed E-state index contributed by atoms with van der Waals surface area (Å²) < 4.78 is 32.7. The Kier molecular flexibility index (Phi) is 6.19. The minimum Gasteiger partial charge on any atom is -0.491 e. The predicted octanol–water partition coefficient (Wildman–Crippen LogP) is 0.339. The highest BCUT2D eigenvalue weighted by Gasteiger charge is 2.29. The summed E-state index contributed by atoms with van der Waals surface area (Å²) in [6, 6.07) is 6.18. The van der Waals surface area contributed by atoms with E-state index in [1.807, 2.05) is 6.07 Å². The molecule has 0 amide bonds. The number of fused-ring (bicyclic) bond motifs is 1. The highest BCUT2D eigenvalue weighted by atomic mass is 32.2. The molecule has 1 aromatic carbocycles. The molecule has 3 rings (SSSR count). The third-order valence-corrected chi connectivity index (χ3v) is 7.04. The van der Waals surface area contributed by atoms with Gasteiger partial charge in [-0.2, -0.15) is 17.0 Å². The van der Waals surface area contributed by atoms with Crippen LogP contribution in [0.15, 0.2) is 18.2 Å². The fourth-order valence-corrected chi connectivity index (χ4v) is 4.64. The summed E-state index contributed by atoms with van der Waals surface area (Å²) >= 11 is 0. The number of ether oxygens (including phenoxy) is 1. The maximum Gasteiger partial charge on any atom is 0.281 e. The normalized spacial score (nSPS) is 20.3. The van der Waals surface area contributed by atoms with E-state index >= 15 is 0 Å². The molecule has 8 heteroatoms. The minimum absolute atomic E-state index is 0.245. The van der Waals surface area contributed by atoms with E-state index in [-0.39, 0.29) is 6.61 Å². The number of hydrogen-bond donors (Lipinski definition) is 1. The third kappa shape index (κ3) is 4.55. The van der Waals surface area contributed by atoms with Crippen molar-refractivity contribution in [1.29, 1.82) is 0 Å². The Balaban J connectivity index is 1.42. The number of β-amino-alcohol motifs (C(OH)–C–C–N with tert-alkyl or cyclic N) is 1. The standard InChI is InChI=1S/C18H29N3O4S/c1-19(2)26(23,24)21-10-8-20(9-11-21)13-17(22)14-25-18-7-6-15-4-3-5-16(15)12-18/h6-7,12,17,22H,3-5,8-11,13-14H2,1-2H3/t17-/m1/s1. The Morgan fingerprint density at radius 3 is 2.54 bits per heavy atom. The van der Waals surface area contributed by atoms with Crippen LogP contribution in [0.1, 0.15) is 17.5 Å². The number of nitrogens with zero attached hydrogens (tertiary/aromatic N) is 3. The van der Waals surface area contributed by atoms with E-state index in [1.165, 1.54) is 26.2 Å². The molecule has 1 N–H and O–H groups in total. The second-order valence-corrected chi connectivity index (χ2v) is 9.38. The van der Waals surface area contributed by atoms with Crippen molar-refractivity contribution in [1.82, 2.24) is 13.5 Å². The molecule has 2 aliphatic rings. The van der Waals surface area contributed by atoms with Gasteiger partial charge in [-0.3, -0.25) is 4.90 Å². The van der Waals surface area contributed by atoms with Crippen LogP contribution in [0.25, 0.3) is 0 Å². The first kappa shape index (κ1) is 19.6. The van der Waals surface area contributed by atoms with Crippen molar-refractivity contribution in [2.45, 2.75) is 25.4 Å². The van der Waals surface area contributed by atoms with E-state index in [0.717, 1.165) is 18.6 Å². The Morgan fingerprint density at radius 2 is 1.85 bits per heavy atom. The lowest BCUT2D eigenvalue weighted by molar-refractivity contribution is 0.0564. The number of aryl methyl sites for hydroxylation is 2. The van der Waals surface area contributed by atoms with Gasteiger partial charge in [-0.15, -0.1) is 0 Å². The molecule has 1 fully saturated rings. The van der Waals surface area contributed by atoms with Gasteiger partial charge in [0.2, 0.25) is 0 Å². The molecule has 0 radical (unpaired) electrons. The quantitative estimate of drug-likeness (QED) is 0.735. The molecule has 0 bridgehead atoms. The molecule has 26 heavy (non-hydrogen) atoms. The number of piperazine rings is 1. The van der Waals surface area contributed by atoms with Crippen LogP contribution < -0.4 is 4.74 Å². The monoisotopic (exact) mass is 383 g/mol. The largest absolute Gasteiger partial charge is 0.491 e. The van der Waals surface area contributed by atoms with E-state index < -0.39 is 16.3 Å². The van der Waals surface area contributed by atoms with E-state index in [1.54, 1.807) is 14.1 Å². The van der Waals surface area contributed by atoms with Crippen LogP contribution in [-0.2, 0) is 23.1 Å². The van der Waals surface area contributed by atoms with Crippen LogP contribution in [0.3, 0.4) is 0 Å². The molecule has 0 spiro atoms. The summed E-state index contributed by atoms with van der Waals surface area (Å²) in [5, 5.41) is 10.3. The highest BCUT2D eigenvalue weighted by Crippen LogP contribution is 2.26. The first-order chi connectivity index (χ1) is 12.4. The second-order valence-electron chi connectivity index (χ2n) is 7.24. The molecule has 1 heterocycles. The molecule has 0 unspecified atom stereocenters. The van der Waals surface area contributed by atoms with E-state index in [9.17, 15) is 13.5 Å². The fourth-order valence-electron chi connectivity index (χ4n) is 3.55. The average Bonchev–Trinajstić information content (AvgIpc) is 3.08. The average molecular weight is 384 g/mol. The first-order valence-electron chi connectivity index (χ1n) is 9.19. The molecule has 146 valence electrons. The molecule has 1 aromatic rings. The van der Waals surface area contributed by atoms with Crippen LogP contribution in [0, 0.1) is 0 Å². The lowest BCUT2D eigenvalue weighted by Crippen LogP contribution is -2.53. The van der Waals surface area contributed by atoms with Crippen molar-refractivity contribution in [3.05, 3.63) is 29.3 Å². The number of rotatable bonds is 7.